The molecular weight excluding hydrogens is 500 g/mol. The van der Waals surface area contributed by atoms with E-state index in [0.717, 1.165) is 11.8 Å². The van der Waals surface area contributed by atoms with Crippen molar-refractivity contribution in [2.75, 3.05) is 5.32 Å². The summed E-state index contributed by atoms with van der Waals surface area (Å²) in [6.07, 6.45) is 0. The van der Waals surface area contributed by atoms with Crippen LogP contribution in [0.4, 0.5) is 22.1 Å². The van der Waals surface area contributed by atoms with Gasteiger partial charge in [0.1, 0.15) is 5.52 Å². The number of hydrogen-bond acceptors (Lipinski definition) is 10. The zero-order valence-corrected chi connectivity index (χ0v) is 19.4. The maximum absolute atomic E-state index is 12.7. The number of oxazole rings is 1. The molecule has 0 aliphatic rings. The molecule has 182 valence electrons. The highest BCUT2D eigenvalue weighted by Gasteiger charge is 2.16. The molecule has 0 atom stereocenters. The maximum Gasteiger partial charge on any atom is 0.295 e. The molecule has 2 aromatic heterocycles. The summed E-state index contributed by atoms with van der Waals surface area (Å²) in [5.41, 5.74) is 2.80. The third-order valence-electron chi connectivity index (χ3n) is 5.14. The minimum atomic E-state index is -0.554. The number of nitrogens with zero attached hydrogens (tertiary/aromatic N) is 5. The van der Waals surface area contributed by atoms with E-state index in [0.29, 0.717) is 33.6 Å². The summed E-state index contributed by atoms with van der Waals surface area (Å²) >= 11 is 0.720. The molecule has 0 unspecified atom stereocenters. The zero-order valence-electron chi connectivity index (χ0n) is 18.6. The fourth-order valence-corrected chi connectivity index (χ4v) is 3.97. The molecule has 3 aromatic carbocycles. The monoisotopic (exact) mass is 514 g/mol. The lowest BCUT2D eigenvalue weighted by Crippen LogP contribution is -2.09. The van der Waals surface area contributed by atoms with Gasteiger partial charge in [-0.05, 0) is 42.5 Å². The first kappa shape index (κ1) is 23.6. The largest absolute Gasteiger partial charge is 0.431 e. The Morgan fingerprint density at radius 3 is 1.84 bits per heavy atom. The molecule has 5 aromatic rings. The molecule has 0 radical (unpaired) electrons. The summed E-state index contributed by atoms with van der Waals surface area (Å²) in [6.45, 7) is 0. The van der Waals surface area contributed by atoms with Crippen LogP contribution >= 0.6 is 11.8 Å². The molecule has 0 aliphatic carbocycles. The van der Waals surface area contributed by atoms with Crippen LogP contribution in [0.15, 0.2) is 88.5 Å². The van der Waals surface area contributed by atoms with Crippen LogP contribution < -0.4 is 5.32 Å². The average Bonchev–Trinajstić information content (AvgIpc) is 3.30. The molecule has 0 saturated heterocycles. The number of para-hydroxylation sites is 2. The molecule has 0 aliphatic heterocycles. The van der Waals surface area contributed by atoms with Crippen LogP contribution in [0.5, 0.6) is 0 Å². The molecule has 1 amide bonds. The lowest BCUT2D eigenvalue weighted by Gasteiger charge is -2.09. The molecule has 12 nitrogen and oxygen atoms in total. The second-order valence-electron chi connectivity index (χ2n) is 7.53. The van der Waals surface area contributed by atoms with E-state index in [9.17, 15) is 25.0 Å². The minimum Gasteiger partial charge on any atom is -0.431 e. The quantitative estimate of drug-likeness (QED) is 0.159. The molecule has 37 heavy (non-hydrogen) atoms. The molecule has 0 spiro atoms. The first-order chi connectivity index (χ1) is 17.9. The van der Waals surface area contributed by atoms with Crippen molar-refractivity contribution in [3.05, 3.63) is 99.1 Å². The van der Waals surface area contributed by atoms with Gasteiger partial charge < -0.3 is 4.42 Å². The number of benzene rings is 3. The molecule has 1 N–H and O–H groups in total. The number of rotatable bonds is 6. The highest BCUT2D eigenvalue weighted by molar-refractivity contribution is 8.13. The highest BCUT2D eigenvalue weighted by atomic mass is 32.2. The second kappa shape index (κ2) is 9.83. The topological polar surface area (TPSA) is 167 Å². The van der Waals surface area contributed by atoms with Gasteiger partial charge in [-0.3, -0.25) is 30.3 Å². The molecular formula is C24H14N6O6S. The number of carbonyl (C=O) groups excluding carboxylic acids is 1. The third-order valence-corrected chi connectivity index (χ3v) is 5.78. The zero-order chi connectivity index (χ0) is 25.9. The fraction of sp³-hybridized carbons (Fsp3) is 0. The van der Waals surface area contributed by atoms with Crippen LogP contribution in [0.1, 0.15) is 0 Å². The summed E-state index contributed by atoms with van der Waals surface area (Å²) in [7, 11) is 0. The Balaban J connectivity index is 1.47. The van der Waals surface area contributed by atoms with Crippen molar-refractivity contribution >= 4 is 45.4 Å². The highest BCUT2D eigenvalue weighted by Crippen LogP contribution is 2.29. The normalized spacial score (nSPS) is 10.8. The Bertz CT molecular complexity index is 1540. The van der Waals surface area contributed by atoms with Gasteiger partial charge in [-0.1, -0.05) is 12.1 Å². The summed E-state index contributed by atoms with van der Waals surface area (Å²) in [6, 6.07) is 20.2. The van der Waals surface area contributed by atoms with E-state index in [1.165, 1.54) is 48.5 Å². The molecule has 5 rings (SSSR count). The van der Waals surface area contributed by atoms with Crippen LogP contribution in [0, 0.1) is 20.2 Å². The Labute approximate surface area is 211 Å². The third kappa shape index (κ3) is 5.26. The Morgan fingerprint density at radius 1 is 0.784 bits per heavy atom. The summed E-state index contributed by atoms with van der Waals surface area (Å²) in [5, 5.41) is 24.2. The molecule has 13 heteroatoms. The van der Waals surface area contributed by atoms with Crippen LogP contribution in [-0.2, 0) is 0 Å². The summed E-state index contributed by atoms with van der Waals surface area (Å²) < 4.78 is 5.56. The number of aromatic nitrogens is 3. The first-order valence-electron chi connectivity index (χ1n) is 10.6. The van der Waals surface area contributed by atoms with Gasteiger partial charge in [-0.2, -0.15) is 0 Å². The maximum atomic E-state index is 12.7. The number of hydrogen-bond donors (Lipinski definition) is 1. The van der Waals surface area contributed by atoms with Gasteiger partial charge in [0.25, 0.3) is 21.8 Å². The number of nitro benzene ring substituents is 2. The van der Waals surface area contributed by atoms with E-state index in [2.05, 4.69) is 20.3 Å². The minimum absolute atomic E-state index is 0.0437. The number of nitrogens with one attached hydrogen (secondary N) is 1. The lowest BCUT2D eigenvalue weighted by atomic mass is 10.1. The smallest absolute Gasteiger partial charge is 0.295 e. The van der Waals surface area contributed by atoms with Crippen molar-refractivity contribution < 1.29 is 19.1 Å². The van der Waals surface area contributed by atoms with Crippen molar-refractivity contribution in [2.45, 2.75) is 5.22 Å². The Kier molecular flexibility index (Phi) is 6.26. The number of amides is 1. The number of carbonyl (C=O) groups is 1. The molecule has 0 saturated carbocycles. The number of nitro groups is 2. The Hall–Kier alpha value is -5.17. The predicted molar refractivity (Wildman–Crippen MR) is 135 cm³/mol. The standard InChI is InChI=1S/C24H14N6O6S/c31-23(37-24-27-18-3-1-2-4-21(18)36-24)28-22-25-19(14-5-9-16(10-6-14)29(32)33)13-20(26-22)15-7-11-17(12-8-15)30(34)35/h1-13H,(H,25,26,28,31). The number of fused-ring (bicyclic) bond motifs is 1. The summed E-state index contributed by atoms with van der Waals surface area (Å²) in [5.74, 6) is -0.0437. The van der Waals surface area contributed by atoms with Gasteiger partial charge in [0.2, 0.25) is 5.95 Å². The van der Waals surface area contributed by atoms with Gasteiger partial charge in [-0.15, -0.1) is 0 Å². The van der Waals surface area contributed by atoms with E-state index in [4.69, 9.17) is 4.42 Å². The van der Waals surface area contributed by atoms with Gasteiger partial charge in [-0.25, -0.2) is 15.0 Å². The van der Waals surface area contributed by atoms with Crippen molar-refractivity contribution in [3.8, 4) is 22.5 Å². The molecule has 0 bridgehead atoms. The van der Waals surface area contributed by atoms with E-state index in [-0.39, 0.29) is 22.5 Å². The van der Waals surface area contributed by atoms with Crippen molar-refractivity contribution in [1.29, 1.82) is 0 Å². The lowest BCUT2D eigenvalue weighted by molar-refractivity contribution is -0.385. The summed E-state index contributed by atoms with van der Waals surface area (Å²) in [4.78, 5) is 46.8. The van der Waals surface area contributed by atoms with Gasteiger partial charge >= 0.3 is 0 Å². The number of thioether (sulfide) groups is 1. The van der Waals surface area contributed by atoms with E-state index in [1.807, 2.05) is 0 Å². The van der Waals surface area contributed by atoms with E-state index in [1.54, 1.807) is 30.3 Å². The van der Waals surface area contributed by atoms with Crippen molar-refractivity contribution in [3.63, 3.8) is 0 Å². The van der Waals surface area contributed by atoms with Crippen LogP contribution in [-0.4, -0.2) is 30.0 Å². The van der Waals surface area contributed by atoms with Crippen LogP contribution in [0.2, 0.25) is 0 Å². The van der Waals surface area contributed by atoms with Crippen molar-refractivity contribution in [1.82, 2.24) is 15.0 Å². The molecule has 2 heterocycles. The molecule has 0 fully saturated rings. The first-order valence-corrected chi connectivity index (χ1v) is 11.4. The number of non-ortho nitro benzene ring substituents is 2. The van der Waals surface area contributed by atoms with E-state index < -0.39 is 15.1 Å². The van der Waals surface area contributed by atoms with Crippen LogP contribution in [0.25, 0.3) is 33.6 Å². The number of anilines is 1. The fourth-order valence-electron chi connectivity index (χ4n) is 3.40. The van der Waals surface area contributed by atoms with Crippen LogP contribution in [0.3, 0.4) is 0 Å². The van der Waals surface area contributed by atoms with Gasteiger partial charge in [0.15, 0.2) is 5.58 Å². The second-order valence-corrected chi connectivity index (χ2v) is 8.46. The van der Waals surface area contributed by atoms with Gasteiger partial charge in [0.05, 0.1) is 21.2 Å². The van der Waals surface area contributed by atoms with E-state index >= 15 is 0 Å². The Morgan fingerprint density at radius 2 is 1.32 bits per heavy atom. The predicted octanol–water partition coefficient (Wildman–Crippen LogP) is 6.09. The van der Waals surface area contributed by atoms with Crippen molar-refractivity contribution in [2.24, 2.45) is 0 Å². The van der Waals surface area contributed by atoms with Gasteiger partial charge in [0, 0.05) is 47.2 Å². The SMILES string of the molecule is O=C(Nc1nc(-c2ccc([N+](=O)[O-])cc2)cc(-c2ccc([N+](=O)[O-])cc2)n1)Sc1nc2ccccc2o1. The average molecular weight is 514 g/mol.